The number of nitrogens with two attached hydrogens (primary N) is 1. The quantitative estimate of drug-likeness (QED) is 0.300. The molecule has 0 unspecified atom stereocenters. The van der Waals surface area contributed by atoms with Gasteiger partial charge in [-0.25, -0.2) is 4.39 Å². The van der Waals surface area contributed by atoms with Crippen LogP contribution in [0.1, 0.15) is 11.1 Å². The van der Waals surface area contributed by atoms with Crippen molar-refractivity contribution in [1.82, 2.24) is 4.90 Å². The Kier molecular flexibility index (Phi) is 4.86. The summed E-state index contributed by atoms with van der Waals surface area (Å²) < 4.78 is 13.7. The van der Waals surface area contributed by atoms with Gasteiger partial charge < -0.3 is 16.0 Å². The number of amidine groups is 1. The first-order valence-electron chi connectivity index (χ1n) is 5.14. The van der Waals surface area contributed by atoms with E-state index in [1.165, 1.54) is 6.07 Å². The minimum atomic E-state index is -0.418. The van der Waals surface area contributed by atoms with E-state index in [2.05, 4.69) is 5.16 Å². The fourth-order valence-electron chi connectivity index (χ4n) is 1.43. The summed E-state index contributed by atoms with van der Waals surface area (Å²) in [4.78, 5) is 1.79. The van der Waals surface area contributed by atoms with Crippen molar-refractivity contribution in [3.63, 3.8) is 0 Å². The summed E-state index contributed by atoms with van der Waals surface area (Å²) in [5.41, 5.74) is 6.18. The lowest BCUT2D eigenvalue weighted by molar-refractivity contribution is 0.216. The van der Waals surface area contributed by atoms with E-state index in [4.69, 9.17) is 16.0 Å². The summed E-state index contributed by atoms with van der Waals surface area (Å²) in [6.45, 7) is 0.893. The molecule has 0 spiro atoms. The highest BCUT2D eigenvalue weighted by Gasteiger charge is 2.08. The standard InChI is InChI=1S/C11H16FN3O2/c1-15(4-5-16)7-9-3-2-8(6-10(9)12)11(13)14-17/h2-3,6,16-17H,4-5,7H2,1H3,(H2,13,14). The Bertz CT molecular complexity index is 410. The lowest BCUT2D eigenvalue weighted by atomic mass is 10.1. The van der Waals surface area contributed by atoms with E-state index in [-0.39, 0.29) is 12.4 Å². The van der Waals surface area contributed by atoms with Gasteiger partial charge in [0.15, 0.2) is 5.84 Å². The van der Waals surface area contributed by atoms with Gasteiger partial charge in [0.25, 0.3) is 0 Å². The van der Waals surface area contributed by atoms with Gasteiger partial charge in [-0.15, -0.1) is 0 Å². The van der Waals surface area contributed by atoms with Crippen LogP contribution < -0.4 is 5.73 Å². The van der Waals surface area contributed by atoms with Gasteiger partial charge in [-0.3, -0.25) is 4.90 Å². The fraction of sp³-hybridized carbons (Fsp3) is 0.364. The highest BCUT2D eigenvalue weighted by atomic mass is 19.1. The van der Waals surface area contributed by atoms with Crippen molar-refractivity contribution < 1.29 is 14.7 Å². The molecule has 0 aliphatic carbocycles. The Morgan fingerprint density at radius 2 is 2.24 bits per heavy atom. The molecule has 0 aliphatic rings. The summed E-state index contributed by atoms with van der Waals surface area (Å²) in [7, 11) is 1.78. The Hall–Kier alpha value is -1.66. The normalized spacial score (nSPS) is 12.1. The van der Waals surface area contributed by atoms with Crippen LogP contribution in [0, 0.1) is 5.82 Å². The monoisotopic (exact) mass is 241 g/mol. The lowest BCUT2D eigenvalue weighted by Gasteiger charge is -2.15. The Morgan fingerprint density at radius 1 is 1.53 bits per heavy atom. The maximum absolute atomic E-state index is 13.7. The minimum Gasteiger partial charge on any atom is -0.409 e. The van der Waals surface area contributed by atoms with E-state index in [0.717, 1.165) is 0 Å². The van der Waals surface area contributed by atoms with Gasteiger partial charge in [0, 0.05) is 24.2 Å². The number of hydrogen-bond acceptors (Lipinski definition) is 4. The number of aliphatic hydroxyl groups excluding tert-OH is 1. The number of benzene rings is 1. The second-order valence-electron chi connectivity index (χ2n) is 3.75. The fourth-order valence-corrected chi connectivity index (χ4v) is 1.43. The van der Waals surface area contributed by atoms with Gasteiger partial charge in [-0.05, 0) is 13.1 Å². The number of likely N-dealkylation sites (N-methyl/N-ethyl adjacent to an activating group) is 1. The molecule has 0 saturated carbocycles. The third-order valence-corrected chi connectivity index (χ3v) is 2.38. The molecule has 4 N–H and O–H groups in total. The van der Waals surface area contributed by atoms with Crippen LogP contribution in [-0.2, 0) is 6.54 Å². The molecule has 0 fully saturated rings. The molecule has 6 heteroatoms. The molecular weight excluding hydrogens is 225 g/mol. The number of rotatable bonds is 5. The first-order chi connectivity index (χ1) is 8.08. The molecule has 1 rings (SSSR count). The second-order valence-corrected chi connectivity index (χ2v) is 3.75. The zero-order valence-corrected chi connectivity index (χ0v) is 9.60. The third-order valence-electron chi connectivity index (χ3n) is 2.38. The van der Waals surface area contributed by atoms with Crippen LogP contribution in [0.5, 0.6) is 0 Å². The zero-order valence-electron chi connectivity index (χ0n) is 9.60. The molecule has 17 heavy (non-hydrogen) atoms. The molecule has 0 saturated heterocycles. The smallest absolute Gasteiger partial charge is 0.170 e. The van der Waals surface area contributed by atoms with Crippen molar-refractivity contribution >= 4 is 5.84 Å². The third kappa shape index (κ3) is 3.69. The summed E-state index contributed by atoms with van der Waals surface area (Å²) in [6, 6.07) is 4.38. The van der Waals surface area contributed by atoms with Gasteiger partial charge >= 0.3 is 0 Å². The molecule has 0 atom stereocenters. The predicted molar refractivity (Wildman–Crippen MR) is 62.3 cm³/mol. The summed E-state index contributed by atoms with van der Waals surface area (Å²) in [5, 5.41) is 20.0. The molecule has 5 nitrogen and oxygen atoms in total. The summed E-state index contributed by atoms with van der Waals surface area (Å²) >= 11 is 0. The number of aliphatic hydroxyl groups is 1. The van der Waals surface area contributed by atoms with Gasteiger partial charge in [0.2, 0.25) is 0 Å². The van der Waals surface area contributed by atoms with Crippen molar-refractivity contribution in [3.05, 3.63) is 35.1 Å². The zero-order chi connectivity index (χ0) is 12.8. The SMILES string of the molecule is CN(CCO)Cc1ccc(/C(N)=N/O)cc1F. The molecule has 0 radical (unpaired) electrons. The van der Waals surface area contributed by atoms with Crippen molar-refractivity contribution in [2.45, 2.75) is 6.54 Å². The molecule has 94 valence electrons. The van der Waals surface area contributed by atoms with Gasteiger partial charge in [-0.1, -0.05) is 17.3 Å². The topological polar surface area (TPSA) is 82.1 Å². The van der Waals surface area contributed by atoms with Crippen molar-refractivity contribution in [2.24, 2.45) is 10.9 Å². The molecule has 0 aromatic heterocycles. The van der Waals surface area contributed by atoms with E-state index in [0.29, 0.717) is 24.2 Å². The first-order valence-corrected chi connectivity index (χ1v) is 5.14. The Morgan fingerprint density at radius 3 is 2.76 bits per heavy atom. The van der Waals surface area contributed by atoms with Crippen LogP contribution in [0.3, 0.4) is 0 Å². The largest absolute Gasteiger partial charge is 0.409 e. The summed E-state index contributed by atoms with van der Waals surface area (Å²) in [5.74, 6) is -0.543. The maximum Gasteiger partial charge on any atom is 0.170 e. The van der Waals surface area contributed by atoms with Crippen LogP contribution in [0.25, 0.3) is 0 Å². The van der Waals surface area contributed by atoms with Gasteiger partial charge in [-0.2, -0.15) is 0 Å². The number of nitrogens with zero attached hydrogens (tertiary/aromatic N) is 2. The summed E-state index contributed by atoms with van der Waals surface area (Å²) in [6.07, 6.45) is 0. The van der Waals surface area contributed by atoms with Crippen molar-refractivity contribution in [1.29, 1.82) is 0 Å². The molecule has 1 aromatic carbocycles. The van der Waals surface area contributed by atoms with Crippen molar-refractivity contribution in [2.75, 3.05) is 20.2 Å². The molecule has 0 aliphatic heterocycles. The Balaban J connectivity index is 2.83. The van der Waals surface area contributed by atoms with Crippen LogP contribution in [0.4, 0.5) is 4.39 Å². The van der Waals surface area contributed by atoms with E-state index in [1.807, 2.05) is 0 Å². The average molecular weight is 241 g/mol. The molecule has 0 amide bonds. The lowest BCUT2D eigenvalue weighted by Crippen LogP contribution is -2.22. The van der Waals surface area contributed by atoms with E-state index in [1.54, 1.807) is 24.1 Å². The van der Waals surface area contributed by atoms with Crippen LogP contribution >= 0.6 is 0 Å². The van der Waals surface area contributed by atoms with Crippen LogP contribution in [0.15, 0.2) is 23.4 Å². The minimum absolute atomic E-state index is 0.0281. The number of hydrogen-bond donors (Lipinski definition) is 3. The predicted octanol–water partition coefficient (Wildman–Crippen LogP) is 0.344. The van der Waals surface area contributed by atoms with E-state index >= 15 is 0 Å². The molecule has 0 bridgehead atoms. The molecular formula is C11H16FN3O2. The van der Waals surface area contributed by atoms with Gasteiger partial charge in [0.1, 0.15) is 5.82 Å². The van der Waals surface area contributed by atoms with E-state index in [9.17, 15) is 4.39 Å². The van der Waals surface area contributed by atoms with Crippen molar-refractivity contribution in [3.8, 4) is 0 Å². The number of oxime groups is 1. The highest BCUT2D eigenvalue weighted by molar-refractivity contribution is 5.97. The van der Waals surface area contributed by atoms with E-state index < -0.39 is 5.82 Å². The van der Waals surface area contributed by atoms with Crippen LogP contribution in [-0.4, -0.2) is 41.2 Å². The second kappa shape index (κ2) is 6.17. The highest BCUT2D eigenvalue weighted by Crippen LogP contribution is 2.12. The average Bonchev–Trinajstić information content (AvgIpc) is 2.31. The molecule has 1 aromatic rings. The molecule has 0 heterocycles. The number of halogens is 1. The first kappa shape index (κ1) is 13.4. The maximum atomic E-state index is 13.7. The van der Waals surface area contributed by atoms with Gasteiger partial charge in [0.05, 0.1) is 6.61 Å². The van der Waals surface area contributed by atoms with Crippen LogP contribution in [0.2, 0.25) is 0 Å². The Labute approximate surface area is 99.0 Å².